The van der Waals surface area contributed by atoms with E-state index in [0.717, 1.165) is 43.6 Å². The van der Waals surface area contributed by atoms with Crippen molar-refractivity contribution in [3.05, 3.63) is 28.7 Å². The highest BCUT2D eigenvalue weighted by molar-refractivity contribution is 9.10. The summed E-state index contributed by atoms with van der Waals surface area (Å²) in [6, 6.07) is 8.57. The summed E-state index contributed by atoms with van der Waals surface area (Å²) in [6.07, 6.45) is 2.56. The lowest BCUT2D eigenvalue weighted by atomic mass is 10.1. The summed E-state index contributed by atoms with van der Waals surface area (Å²) in [6.45, 7) is 15.0. The molecule has 0 aliphatic carbocycles. The van der Waals surface area contributed by atoms with Crippen molar-refractivity contribution in [3.8, 4) is 0 Å². The molecule has 1 fully saturated rings. The van der Waals surface area contributed by atoms with Gasteiger partial charge in [0.05, 0.1) is 19.3 Å². The fourth-order valence-corrected chi connectivity index (χ4v) is 3.95. The van der Waals surface area contributed by atoms with Gasteiger partial charge in [-0.2, -0.15) is 0 Å². The third-order valence-electron chi connectivity index (χ3n) is 5.34. The van der Waals surface area contributed by atoms with Crippen LogP contribution in [0, 0.1) is 0 Å². The van der Waals surface area contributed by atoms with Gasteiger partial charge >= 0.3 is 0 Å². The summed E-state index contributed by atoms with van der Waals surface area (Å²) in [5.74, 6) is 0. The minimum absolute atomic E-state index is 0.267. The van der Waals surface area contributed by atoms with Gasteiger partial charge < -0.3 is 14.1 Å². The highest BCUT2D eigenvalue weighted by Crippen LogP contribution is 2.36. The molecule has 5 heteroatoms. The first kappa shape index (κ1) is 20.0. The zero-order valence-corrected chi connectivity index (χ0v) is 18.4. The van der Waals surface area contributed by atoms with Gasteiger partial charge in [0.2, 0.25) is 0 Å². The first-order valence-corrected chi connectivity index (χ1v) is 12.7. The van der Waals surface area contributed by atoms with Gasteiger partial charge in [0, 0.05) is 23.2 Å². The Bertz CT molecular complexity index is 505. The van der Waals surface area contributed by atoms with Gasteiger partial charge in [0.25, 0.3) is 0 Å². The molecule has 1 aromatic rings. The molecule has 0 aromatic heterocycles. The Balaban J connectivity index is 1.67. The van der Waals surface area contributed by atoms with E-state index in [9.17, 15) is 0 Å². The third kappa shape index (κ3) is 5.58. The van der Waals surface area contributed by atoms with E-state index in [2.05, 4.69) is 79.0 Å². The summed E-state index contributed by atoms with van der Waals surface area (Å²) in [7, 11) is -1.64. The zero-order chi connectivity index (χ0) is 17.8. The van der Waals surface area contributed by atoms with Gasteiger partial charge in [-0.1, -0.05) is 36.7 Å². The molecule has 0 radical (unpaired) electrons. The monoisotopic (exact) mass is 413 g/mol. The highest BCUT2D eigenvalue weighted by atomic mass is 79.9. The molecule has 1 aliphatic rings. The number of halogens is 1. The maximum absolute atomic E-state index is 6.19. The molecule has 1 aliphatic heterocycles. The molecule has 1 saturated heterocycles. The first-order chi connectivity index (χ1) is 11.2. The predicted octanol–water partition coefficient (Wildman–Crippen LogP) is 5.46. The molecular formula is C19H32BrNO2Si. The van der Waals surface area contributed by atoms with Crippen molar-refractivity contribution < 1.29 is 9.16 Å². The molecule has 0 N–H and O–H groups in total. The lowest BCUT2D eigenvalue weighted by Crippen LogP contribution is -2.42. The Labute approximate surface area is 157 Å². The number of hydrogen-bond donors (Lipinski definition) is 0. The topological polar surface area (TPSA) is 21.7 Å². The number of anilines is 1. The van der Waals surface area contributed by atoms with Gasteiger partial charge in [0.1, 0.15) is 0 Å². The Morgan fingerprint density at radius 3 is 2.21 bits per heavy atom. The summed E-state index contributed by atoms with van der Waals surface area (Å²) >= 11 is 3.49. The summed E-state index contributed by atoms with van der Waals surface area (Å²) in [5.41, 5.74) is 1.30. The van der Waals surface area contributed by atoms with E-state index in [1.54, 1.807) is 0 Å². The largest absolute Gasteiger partial charge is 0.414 e. The quantitative estimate of drug-likeness (QED) is 0.456. The van der Waals surface area contributed by atoms with E-state index in [1.807, 2.05) is 0 Å². The van der Waals surface area contributed by atoms with Crippen LogP contribution in [0.4, 0.5) is 5.69 Å². The molecule has 0 atom stereocenters. The van der Waals surface area contributed by atoms with Crippen LogP contribution < -0.4 is 4.90 Å². The summed E-state index contributed by atoms with van der Waals surface area (Å²) < 4.78 is 13.4. The van der Waals surface area contributed by atoms with E-state index < -0.39 is 8.32 Å². The summed E-state index contributed by atoms with van der Waals surface area (Å²) in [4.78, 5) is 2.44. The standard InChI is InChI=1S/C19H32BrNO2Si/c1-19(2,3)24(4,5)23-15-14-22-18-10-12-21(13-11-18)17-8-6-16(20)7-9-17/h6-9,18H,10-15H2,1-5H3. The molecule has 0 amide bonds. The van der Waals surface area contributed by atoms with Crippen LogP contribution in [0.2, 0.25) is 18.1 Å². The fourth-order valence-electron chi connectivity index (χ4n) is 2.66. The van der Waals surface area contributed by atoms with E-state index in [4.69, 9.17) is 9.16 Å². The Hall–Kier alpha value is -0.363. The molecule has 1 aromatic carbocycles. The SMILES string of the molecule is CC(C)(C)[Si](C)(C)OCCOC1CCN(c2ccc(Br)cc2)CC1. The van der Waals surface area contributed by atoms with E-state index in [1.165, 1.54) is 5.69 Å². The van der Waals surface area contributed by atoms with Gasteiger partial charge in [-0.25, -0.2) is 0 Å². The molecule has 3 nitrogen and oxygen atoms in total. The van der Waals surface area contributed by atoms with E-state index in [0.29, 0.717) is 6.10 Å². The van der Waals surface area contributed by atoms with Crippen LogP contribution in [0.25, 0.3) is 0 Å². The minimum Gasteiger partial charge on any atom is -0.414 e. The Morgan fingerprint density at radius 2 is 1.67 bits per heavy atom. The normalized spacial score (nSPS) is 17.3. The predicted molar refractivity (Wildman–Crippen MR) is 108 cm³/mol. The van der Waals surface area contributed by atoms with Crippen molar-refractivity contribution in [1.29, 1.82) is 0 Å². The smallest absolute Gasteiger partial charge is 0.192 e. The van der Waals surface area contributed by atoms with Gasteiger partial charge in [-0.3, -0.25) is 0 Å². The molecule has 1 heterocycles. The van der Waals surface area contributed by atoms with Crippen molar-refractivity contribution in [2.24, 2.45) is 0 Å². The lowest BCUT2D eigenvalue weighted by Gasteiger charge is -2.36. The third-order valence-corrected chi connectivity index (χ3v) is 10.4. The van der Waals surface area contributed by atoms with E-state index in [-0.39, 0.29) is 5.04 Å². The molecule has 0 bridgehead atoms. The van der Waals surface area contributed by atoms with Crippen molar-refractivity contribution >= 4 is 29.9 Å². The van der Waals surface area contributed by atoms with Crippen molar-refractivity contribution in [2.45, 2.75) is 57.8 Å². The van der Waals surface area contributed by atoms with Crippen LogP contribution in [0.1, 0.15) is 33.6 Å². The highest BCUT2D eigenvalue weighted by Gasteiger charge is 2.36. The minimum atomic E-state index is -1.64. The average Bonchev–Trinajstić information content (AvgIpc) is 2.52. The van der Waals surface area contributed by atoms with Crippen LogP contribution >= 0.6 is 15.9 Å². The number of hydrogen-bond acceptors (Lipinski definition) is 3. The summed E-state index contributed by atoms with van der Waals surface area (Å²) in [5, 5.41) is 0.267. The molecule has 0 saturated carbocycles. The lowest BCUT2D eigenvalue weighted by molar-refractivity contribution is 0.0180. The van der Waals surface area contributed by atoms with Crippen molar-refractivity contribution in [1.82, 2.24) is 0 Å². The number of benzene rings is 1. The van der Waals surface area contributed by atoms with Crippen LogP contribution in [0.3, 0.4) is 0 Å². The number of rotatable bonds is 6. The zero-order valence-electron chi connectivity index (χ0n) is 15.8. The molecule has 0 spiro atoms. The van der Waals surface area contributed by atoms with E-state index >= 15 is 0 Å². The molecule has 2 rings (SSSR count). The average molecular weight is 414 g/mol. The second-order valence-electron chi connectivity index (χ2n) is 8.14. The van der Waals surface area contributed by atoms with Gasteiger partial charge in [-0.15, -0.1) is 0 Å². The number of piperidine rings is 1. The molecule has 24 heavy (non-hydrogen) atoms. The fraction of sp³-hybridized carbons (Fsp3) is 0.684. The van der Waals surface area contributed by atoms with Crippen LogP contribution in [-0.4, -0.2) is 40.7 Å². The Kier molecular flexibility index (Phi) is 6.94. The number of nitrogens with zero attached hydrogens (tertiary/aromatic N) is 1. The van der Waals surface area contributed by atoms with Crippen LogP contribution in [0.5, 0.6) is 0 Å². The maximum atomic E-state index is 6.19. The molecule has 136 valence electrons. The molecule has 0 unspecified atom stereocenters. The maximum Gasteiger partial charge on any atom is 0.192 e. The first-order valence-electron chi connectivity index (χ1n) is 8.95. The van der Waals surface area contributed by atoms with Gasteiger partial charge in [0.15, 0.2) is 8.32 Å². The second-order valence-corrected chi connectivity index (χ2v) is 13.9. The molecular weight excluding hydrogens is 382 g/mol. The van der Waals surface area contributed by atoms with Gasteiger partial charge in [-0.05, 0) is 55.2 Å². The van der Waals surface area contributed by atoms with Crippen LogP contribution in [-0.2, 0) is 9.16 Å². The second kappa shape index (κ2) is 8.34. The van der Waals surface area contributed by atoms with Crippen molar-refractivity contribution in [2.75, 3.05) is 31.2 Å². The number of ether oxygens (including phenoxy) is 1. The Morgan fingerprint density at radius 1 is 1.08 bits per heavy atom. The van der Waals surface area contributed by atoms with Crippen molar-refractivity contribution in [3.63, 3.8) is 0 Å². The van der Waals surface area contributed by atoms with Crippen LogP contribution in [0.15, 0.2) is 28.7 Å².